The summed E-state index contributed by atoms with van der Waals surface area (Å²) in [4.78, 5) is 16.4. The molecule has 1 amide bonds. The van der Waals surface area contributed by atoms with Crippen LogP contribution in [0.3, 0.4) is 0 Å². The molecule has 0 aromatic heterocycles. The zero-order valence-corrected chi connectivity index (χ0v) is 9.51. The lowest BCUT2D eigenvalue weighted by Crippen LogP contribution is -2.39. The first-order valence-corrected chi connectivity index (χ1v) is 5.21. The summed E-state index contributed by atoms with van der Waals surface area (Å²) in [5.41, 5.74) is 0.825. The smallest absolute Gasteiger partial charge is 0.411 e. The van der Waals surface area contributed by atoms with Crippen LogP contribution in [0.15, 0.2) is 16.8 Å². The van der Waals surface area contributed by atoms with E-state index in [1.165, 1.54) is 11.3 Å². The Bertz CT molecular complexity index is 300. The van der Waals surface area contributed by atoms with E-state index in [-0.39, 0.29) is 6.04 Å². The quantitative estimate of drug-likeness (QED) is 0.430. The predicted octanol–water partition coefficient (Wildman–Crippen LogP) is 1.13. The zero-order valence-electron chi connectivity index (χ0n) is 9.51. The molecule has 0 saturated carbocycles. The SMILES string of the molecule is CC(C)NC(=O)ON1CCC=C(C=NO)C1. The molecule has 6 heteroatoms. The van der Waals surface area contributed by atoms with E-state index in [1.807, 2.05) is 19.9 Å². The molecule has 0 bridgehead atoms. The summed E-state index contributed by atoms with van der Waals surface area (Å²) in [6.07, 6.45) is 3.59. The Labute approximate surface area is 94.5 Å². The van der Waals surface area contributed by atoms with Crippen molar-refractivity contribution < 1.29 is 14.8 Å². The van der Waals surface area contributed by atoms with Gasteiger partial charge >= 0.3 is 6.09 Å². The van der Waals surface area contributed by atoms with Crippen molar-refractivity contribution >= 4 is 12.3 Å². The van der Waals surface area contributed by atoms with E-state index in [2.05, 4.69) is 10.5 Å². The minimum absolute atomic E-state index is 0.0475. The highest BCUT2D eigenvalue weighted by Gasteiger charge is 2.16. The summed E-state index contributed by atoms with van der Waals surface area (Å²) in [5.74, 6) is 0. The highest BCUT2D eigenvalue weighted by Crippen LogP contribution is 2.08. The third-order valence-corrected chi connectivity index (χ3v) is 1.99. The van der Waals surface area contributed by atoms with Gasteiger partial charge in [-0.05, 0) is 25.8 Å². The first-order chi connectivity index (χ1) is 7.61. The van der Waals surface area contributed by atoms with Gasteiger partial charge in [-0.15, -0.1) is 5.06 Å². The summed E-state index contributed by atoms with van der Waals surface area (Å²) >= 11 is 0. The van der Waals surface area contributed by atoms with Gasteiger partial charge < -0.3 is 15.4 Å². The molecule has 0 atom stereocenters. The Morgan fingerprint density at radius 3 is 3.12 bits per heavy atom. The van der Waals surface area contributed by atoms with Gasteiger partial charge in [0.15, 0.2) is 0 Å². The molecule has 6 nitrogen and oxygen atoms in total. The minimum Gasteiger partial charge on any atom is -0.411 e. The molecule has 0 aromatic rings. The highest BCUT2D eigenvalue weighted by atomic mass is 16.7. The summed E-state index contributed by atoms with van der Waals surface area (Å²) in [7, 11) is 0. The van der Waals surface area contributed by atoms with Crippen LogP contribution in [0.4, 0.5) is 4.79 Å². The van der Waals surface area contributed by atoms with Crippen LogP contribution in [-0.4, -0.2) is 41.7 Å². The molecule has 0 radical (unpaired) electrons. The van der Waals surface area contributed by atoms with E-state index < -0.39 is 6.09 Å². The van der Waals surface area contributed by atoms with Gasteiger partial charge in [-0.1, -0.05) is 11.2 Å². The molecule has 90 valence electrons. The number of nitrogens with zero attached hydrogens (tertiary/aromatic N) is 2. The number of hydrogen-bond donors (Lipinski definition) is 2. The molecule has 0 aliphatic carbocycles. The Balaban J connectivity index is 2.39. The van der Waals surface area contributed by atoms with Crippen LogP contribution < -0.4 is 5.32 Å². The Kier molecular flexibility index (Phi) is 4.78. The Morgan fingerprint density at radius 1 is 1.75 bits per heavy atom. The first kappa shape index (κ1) is 12.5. The largest absolute Gasteiger partial charge is 0.426 e. The number of oxime groups is 1. The van der Waals surface area contributed by atoms with Gasteiger partial charge in [-0.25, -0.2) is 4.79 Å². The number of nitrogens with one attached hydrogen (secondary N) is 1. The van der Waals surface area contributed by atoms with Crippen molar-refractivity contribution in [2.45, 2.75) is 26.3 Å². The van der Waals surface area contributed by atoms with Crippen LogP contribution in [-0.2, 0) is 4.84 Å². The van der Waals surface area contributed by atoms with Crippen molar-refractivity contribution in [2.24, 2.45) is 5.16 Å². The maximum Gasteiger partial charge on any atom is 0.426 e. The number of rotatable bonds is 3. The molecule has 2 N–H and O–H groups in total. The average molecular weight is 227 g/mol. The third kappa shape index (κ3) is 4.31. The van der Waals surface area contributed by atoms with Crippen molar-refractivity contribution in [3.63, 3.8) is 0 Å². The van der Waals surface area contributed by atoms with Crippen molar-refractivity contribution in [2.75, 3.05) is 13.1 Å². The molecular formula is C10H17N3O3. The number of carbonyl (C=O) groups is 1. The van der Waals surface area contributed by atoms with Crippen LogP contribution in [0.25, 0.3) is 0 Å². The van der Waals surface area contributed by atoms with Crippen molar-refractivity contribution in [1.82, 2.24) is 10.4 Å². The van der Waals surface area contributed by atoms with Crippen LogP contribution >= 0.6 is 0 Å². The fourth-order valence-electron chi connectivity index (χ4n) is 1.37. The lowest BCUT2D eigenvalue weighted by Gasteiger charge is -2.24. The normalized spacial score (nSPS) is 17.6. The second kappa shape index (κ2) is 6.12. The molecule has 0 unspecified atom stereocenters. The number of hydroxylamine groups is 2. The predicted molar refractivity (Wildman–Crippen MR) is 59.3 cm³/mol. The molecule has 1 aliphatic rings. The molecular weight excluding hydrogens is 210 g/mol. The van der Waals surface area contributed by atoms with Crippen LogP contribution in [0.1, 0.15) is 20.3 Å². The highest BCUT2D eigenvalue weighted by molar-refractivity contribution is 5.78. The average Bonchev–Trinajstić information content (AvgIpc) is 2.17. The summed E-state index contributed by atoms with van der Waals surface area (Å²) in [6.45, 7) is 4.81. The lowest BCUT2D eigenvalue weighted by molar-refractivity contribution is -0.0938. The number of hydrogen-bond acceptors (Lipinski definition) is 5. The van der Waals surface area contributed by atoms with Gasteiger partial charge in [-0.3, -0.25) is 0 Å². The molecule has 1 heterocycles. The Morgan fingerprint density at radius 2 is 2.50 bits per heavy atom. The van der Waals surface area contributed by atoms with E-state index in [9.17, 15) is 4.79 Å². The fourth-order valence-corrected chi connectivity index (χ4v) is 1.37. The van der Waals surface area contributed by atoms with Gasteiger partial charge in [0.05, 0.1) is 12.8 Å². The molecule has 1 rings (SSSR count). The molecule has 16 heavy (non-hydrogen) atoms. The maximum atomic E-state index is 11.3. The fraction of sp³-hybridized carbons (Fsp3) is 0.600. The number of amides is 1. The van der Waals surface area contributed by atoms with Gasteiger partial charge in [0.25, 0.3) is 0 Å². The van der Waals surface area contributed by atoms with Gasteiger partial charge in [0, 0.05) is 12.6 Å². The van der Waals surface area contributed by atoms with E-state index in [4.69, 9.17) is 10.0 Å². The molecule has 1 aliphatic heterocycles. The standard InChI is InChI=1S/C10H17N3O3/c1-8(2)12-10(14)16-13-5-3-4-9(7-13)6-11-15/h4,6,8,15H,3,5,7H2,1-2H3,(H,12,14). The van der Waals surface area contributed by atoms with E-state index in [0.29, 0.717) is 13.1 Å². The molecule has 0 aromatic carbocycles. The van der Waals surface area contributed by atoms with Crippen molar-refractivity contribution in [3.8, 4) is 0 Å². The first-order valence-electron chi connectivity index (χ1n) is 5.21. The second-order valence-electron chi connectivity index (χ2n) is 3.85. The summed E-state index contributed by atoms with van der Waals surface area (Å²) in [6, 6.07) is 0.0475. The van der Waals surface area contributed by atoms with Gasteiger partial charge in [-0.2, -0.15) is 0 Å². The molecule has 0 spiro atoms. The van der Waals surface area contributed by atoms with Gasteiger partial charge in [0.1, 0.15) is 0 Å². The monoisotopic (exact) mass is 227 g/mol. The van der Waals surface area contributed by atoms with Crippen molar-refractivity contribution in [3.05, 3.63) is 11.6 Å². The maximum absolute atomic E-state index is 11.3. The summed E-state index contributed by atoms with van der Waals surface area (Å²) < 4.78 is 0. The summed E-state index contributed by atoms with van der Waals surface area (Å²) in [5, 5.41) is 15.5. The third-order valence-electron chi connectivity index (χ3n) is 1.99. The van der Waals surface area contributed by atoms with Gasteiger partial charge in [0.2, 0.25) is 0 Å². The van der Waals surface area contributed by atoms with Crippen LogP contribution in [0.2, 0.25) is 0 Å². The second-order valence-corrected chi connectivity index (χ2v) is 3.85. The van der Waals surface area contributed by atoms with Crippen LogP contribution in [0.5, 0.6) is 0 Å². The molecule has 0 saturated heterocycles. The van der Waals surface area contributed by atoms with E-state index >= 15 is 0 Å². The zero-order chi connectivity index (χ0) is 12.0. The lowest BCUT2D eigenvalue weighted by atomic mass is 10.2. The topological polar surface area (TPSA) is 74.2 Å². The van der Waals surface area contributed by atoms with Crippen LogP contribution in [0, 0.1) is 0 Å². The van der Waals surface area contributed by atoms with Crippen molar-refractivity contribution in [1.29, 1.82) is 0 Å². The molecule has 0 fully saturated rings. The van der Waals surface area contributed by atoms with E-state index in [0.717, 1.165) is 12.0 Å². The minimum atomic E-state index is -0.461. The Hall–Kier alpha value is -1.56. The van der Waals surface area contributed by atoms with E-state index in [1.54, 1.807) is 0 Å². The number of carbonyl (C=O) groups excluding carboxylic acids is 1.